The summed E-state index contributed by atoms with van der Waals surface area (Å²) < 4.78 is 7.19. The lowest BCUT2D eigenvalue weighted by Crippen LogP contribution is -1.99. The van der Waals surface area contributed by atoms with Crippen LogP contribution >= 0.6 is 0 Å². The first kappa shape index (κ1) is 10.7. The zero-order chi connectivity index (χ0) is 11.4. The second kappa shape index (κ2) is 4.82. The smallest absolute Gasteiger partial charge is 0.0998 e. The van der Waals surface area contributed by atoms with Crippen molar-refractivity contribution in [2.45, 2.75) is 13.0 Å². The highest BCUT2D eigenvalue weighted by molar-refractivity contribution is 5.85. The van der Waals surface area contributed by atoms with Crippen LogP contribution in [0.3, 0.4) is 0 Å². The number of hydrogen-bond acceptors (Lipinski definition) is 2. The summed E-state index contributed by atoms with van der Waals surface area (Å²) in [6, 6.07) is 10.0. The van der Waals surface area contributed by atoms with E-state index in [4.69, 9.17) is 10.00 Å². The first-order chi connectivity index (χ1) is 7.86. The van der Waals surface area contributed by atoms with Crippen molar-refractivity contribution < 1.29 is 4.74 Å². The highest BCUT2D eigenvalue weighted by Crippen LogP contribution is 2.19. The molecule has 1 aromatic heterocycles. The minimum absolute atomic E-state index is 0.739. The summed E-state index contributed by atoms with van der Waals surface area (Å²) in [6.45, 7) is 1.68. The maximum Gasteiger partial charge on any atom is 0.0998 e. The maximum atomic E-state index is 8.98. The molecule has 1 aromatic carbocycles. The van der Waals surface area contributed by atoms with E-state index in [2.05, 4.69) is 10.6 Å². The Morgan fingerprint density at radius 1 is 1.38 bits per heavy atom. The Balaban J connectivity index is 2.31. The van der Waals surface area contributed by atoms with Gasteiger partial charge in [-0.3, -0.25) is 0 Å². The van der Waals surface area contributed by atoms with Crippen molar-refractivity contribution in [3.05, 3.63) is 36.0 Å². The van der Waals surface area contributed by atoms with Gasteiger partial charge in [0.15, 0.2) is 0 Å². The quantitative estimate of drug-likeness (QED) is 0.733. The van der Waals surface area contributed by atoms with Crippen molar-refractivity contribution in [2.75, 3.05) is 13.7 Å². The minimum atomic E-state index is 0.739. The third-order valence-corrected chi connectivity index (χ3v) is 2.68. The summed E-state index contributed by atoms with van der Waals surface area (Å²) in [7, 11) is 1.71. The average Bonchev–Trinajstić information content (AvgIpc) is 2.73. The van der Waals surface area contributed by atoms with Gasteiger partial charge in [-0.1, -0.05) is 6.07 Å². The van der Waals surface area contributed by atoms with Crippen LogP contribution < -0.4 is 0 Å². The summed E-state index contributed by atoms with van der Waals surface area (Å²) in [4.78, 5) is 0. The molecule has 0 fully saturated rings. The number of benzene rings is 1. The van der Waals surface area contributed by atoms with Crippen molar-refractivity contribution >= 4 is 10.9 Å². The number of aromatic nitrogens is 1. The van der Waals surface area contributed by atoms with Crippen molar-refractivity contribution in [1.29, 1.82) is 5.26 Å². The van der Waals surface area contributed by atoms with Gasteiger partial charge < -0.3 is 9.30 Å². The molecule has 0 unspecified atom stereocenters. The predicted octanol–water partition coefficient (Wildman–Crippen LogP) is 2.55. The third-order valence-electron chi connectivity index (χ3n) is 2.68. The lowest BCUT2D eigenvalue weighted by Gasteiger charge is -2.04. The minimum Gasteiger partial charge on any atom is -0.385 e. The molecule has 0 aliphatic carbocycles. The summed E-state index contributed by atoms with van der Waals surface area (Å²) in [5, 5.41) is 10.0. The summed E-state index contributed by atoms with van der Waals surface area (Å²) >= 11 is 0. The van der Waals surface area contributed by atoms with E-state index < -0.39 is 0 Å². The number of fused-ring (bicyclic) bond motifs is 1. The molecular weight excluding hydrogens is 200 g/mol. The number of nitriles is 1. The van der Waals surface area contributed by atoms with E-state index in [0.717, 1.165) is 36.0 Å². The molecule has 0 bridgehead atoms. The van der Waals surface area contributed by atoms with Crippen LogP contribution in [0.4, 0.5) is 0 Å². The lowest BCUT2D eigenvalue weighted by atomic mass is 10.1. The topological polar surface area (TPSA) is 38.0 Å². The van der Waals surface area contributed by atoms with Gasteiger partial charge in [-0.25, -0.2) is 0 Å². The first-order valence-corrected chi connectivity index (χ1v) is 5.33. The molecule has 16 heavy (non-hydrogen) atoms. The van der Waals surface area contributed by atoms with Crippen LogP contribution in [0.25, 0.3) is 10.9 Å². The van der Waals surface area contributed by atoms with Gasteiger partial charge in [-0.2, -0.15) is 5.26 Å². The summed E-state index contributed by atoms with van der Waals surface area (Å²) in [5.41, 5.74) is 1.86. The van der Waals surface area contributed by atoms with Crippen LogP contribution in [-0.2, 0) is 11.3 Å². The van der Waals surface area contributed by atoms with E-state index in [0.29, 0.717) is 0 Å². The molecule has 0 aliphatic heterocycles. The van der Waals surface area contributed by atoms with Crippen molar-refractivity contribution in [1.82, 2.24) is 4.57 Å². The Kier molecular flexibility index (Phi) is 3.23. The van der Waals surface area contributed by atoms with E-state index in [-0.39, 0.29) is 0 Å². The molecule has 82 valence electrons. The van der Waals surface area contributed by atoms with Crippen LogP contribution in [-0.4, -0.2) is 18.3 Å². The maximum absolute atomic E-state index is 8.98. The van der Waals surface area contributed by atoms with E-state index in [1.165, 1.54) is 0 Å². The molecule has 0 saturated heterocycles. The van der Waals surface area contributed by atoms with Gasteiger partial charge in [0, 0.05) is 37.4 Å². The summed E-state index contributed by atoms with van der Waals surface area (Å²) in [5.74, 6) is 0. The Bertz CT molecular complexity index is 522. The van der Waals surface area contributed by atoms with E-state index in [9.17, 15) is 0 Å². The molecule has 0 radical (unpaired) electrons. The molecule has 0 amide bonds. The van der Waals surface area contributed by atoms with Gasteiger partial charge in [-0.15, -0.1) is 0 Å². The van der Waals surface area contributed by atoms with E-state index >= 15 is 0 Å². The number of hydrogen-bond donors (Lipinski definition) is 0. The van der Waals surface area contributed by atoms with Crippen LogP contribution in [0.2, 0.25) is 0 Å². The van der Waals surface area contributed by atoms with Crippen LogP contribution in [0.1, 0.15) is 12.0 Å². The second-order valence-corrected chi connectivity index (χ2v) is 3.71. The zero-order valence-corrected chi connectivity index (χ0v) is 9.31. The van der Waals surface area contributed by atoms with Crippen molar-refractivity contribution in [3.8, 4) is 6.07 Å². The molecule has 2 aromatic rings. The first-order valence-electron chi connectivity index (χ1n) is 5.33. The number of ether oxygens (including phenoxy) is 1. The fraction of sp³-hybridized carbons (Fsp3) is 0.308. The Hall–Kier alpha value is -1.79. The number of methoxy groups -OCH3 is 1. The Morgan fingerprint density at radius 3 is 3.00 bits per heavy atom. The molecule has 3 heteroatoms. The van der Waals surface area contributed by atoms with E-state index in [1.807, 2.05) is 30.5 Å². The van der Waals surface area contributed by atoms with Gasteiger partial charge in [0.05, 0.1) is 11.6 Å². The summed E-state index contributed by atoms with van der Waals surface area (Å²) in [6.07, 6.45) is 3.01. The van der Waals surface area contributed by atoms with Crippen LogP contribution in [0.15, 0.2) is 30.5 Å². The molecule has 0 saturated carbocycles. The van der Waals surface area contributed by atoms with Crippen LogP contribution in [0.5, 0.6) is 0 Å². The molecule has 0 spiro atoms. The lowest BCUT2D eigenvalue weighted by molar-refractivity contribution is 0.190. The zero-order valence-electron chi connectivity index (χ0n) is 9.31. The van der Waals surface area contributed by atoms with Crippen molar-refractivity contribution in [3.63, 3.8) is 0 Å². The largest absolute Gasteiger partial charge is 0.385 e. The van der Waals surface area contributed by atoms with Gasteiger partial charge >= 0.3 is 0 Å². The highest BCUT2D eigenvalue weighted by atomic mass is 16.5. The Morgan fingerprint density at radius 2 is 2.25 bits per heavy atom. The number of rotatable bonds is 4. The molecule has 0 N–H and O–H groups in total. The molecule has 0 aliphatic rings. The molecular formula is C13H14N2O. The highest BCUT2D eigenvalue weighted by Gasteiger charge is 2.04. The molecule has 1 heterocycles. The van der Waals surface area contributed by atoms with Gasteiger partial charge in [-0.05, 0) is 24.6 Å². The SMILES string of the molecule is COCCCn1ccc2c(C#N)cccc21. The fourth-order valence-corrected chi connectivity index (χ4v) is 1.90. The standard InChI is InChI=1S/C13H14N2O/c1-16-9-3-7-15-8-6-12-11(10-14)4-2-5-13(12)15/h2,4-6,8H,3,7,9H2,1H3. The average molecular weight is 214 g/mol. The Labute approximate surface area is 94.9 Å². The van der Waals surface area contributed by atoms with Gasteiger partial charge in [0.25, 0.3) is 0 Å². The normalized spacial score (nSPS) is 10.5. The van der Waals surface area contributed by atoms with E-state index in [1.54, 1.807) is 7.11 Å². The monoisotopic (exact) mass is 214 g/mol. The third kappa shape index (κ3) is 1.93. The van der Waals surface area contributed by atoms with Crippen molar-refractivity contribution in [2.24, 2.45) is 0 Å². The number of aryl methyl sites for hydroxylation is 1. The number of nitrogens with zero attached hydrogens (tertiary/aromatic N) is 2. The molecule has 3 nitrogen and oxygen atoms in total. The predicted molar refractivity (Wildman–Crippen MR) is 63.1 cm³/mol. The molecule has 0 atom stereocenters. The van der Waals surface area contributed by atoms with Gasteiger partial charge in [0.1, 0.15) is 0 Å². The molecule has 2 rings (SSSR count). The second-order valence-electron chi connectivity index (χ2n) is 3.71. The van der Waals surface area contributed by atoms with Crippen LogP contribution in [0, 0.1) is 11.3 Å². The van der Waals surface area contributed by atoms with Gasteiger partial charge in [0.2, 0.25) is 0 Å². The fourth-order valence-electron chi connectivity index (χ4n) is 1.90.